The summed E-state index contributed by atoms with van der Waals surface area (Å²) in [5.74, 6) is -0.458. The van der Waals surface area contributed by atoms with Crippen LogP contribution in [0, 0.1) is 26.6 Å². The molecule has 3 aromatic carbocycles. The highest BCUT2D eigenvalue weighted by atomic mass is 19.1. The van der Waals surface area contributed by atoms with Gasteiger partial charge in [-0.25, -0.2) is 4.39 Å². The highest BCUT2D eigenvalue weighted by Gasteiger charge is 2.32. The van der Waals surface area contributed by atoms with Crippen molar-refractivity contribution in [2.45, 2.75) is 66.1 Å². The summed E-state index contributed by atoms with van der Waals surface area (Å²) in [6.45, 7) is 9.51. The number of rotatable bonds is 11. The number of amides is 2. The van der Waals surface area contributed by atoms with E-state index in [-0.39, 0.29) is 31.0 Å². The summed E-state index contributed by atoms with van der Waals surface area (Å²) >= 11 is 0. The van der Waals surface area contributed by atoms with Gasteiger partial charge in [0.25, 0.3) is 5.91 Å². The third-order valence-electron chi connectivity index (χ3n) is 6.69. The lowest BCUT2D eigenvalue weighted by Gasteiger charge is -2.32. The van der Waals surface area contributed by atoms with Crippen molar-refractivity contribution < 1.29 is 18.7 Å². The number of benzene rings is 3. The molecule has 1 N–H and O–H groups in total. The summed E-state index contributed by atoms with van der Waals surface area (Å²) in [7, 11) is 0. The fourth-order valence-corrected chi connectivity index (χ4v) is 4.18. The zero-order valence-electron chi connectivity index (χ0n) is 22.4. The molecule has 6 heteroatoms. The topological polar surface area (TPSA) is 58.6 Å². The van der Waals surface area contributed by atoms with Gasteiger partial charge in [-0.3, -0.25) is 9.59 Å². The highest BCUT2D eigenvalue weighted by molar-refractivity contribution is 5.88. The number of nitrogens with zero attached hydrogens (tertiary/aromatic N) is 1. The Hall–Kier alpha value is -3.67. The lowest BCUT2D eigenvalue weighted by Crippen LogP contribution is -2.53. The van der Waals surface area contributed by atoms with Crippen LogP contribution in [-0.2, 0) is 22.6 Å². The van der Waals surface area contributed by atoms with Crippen molar-refractivity contribution in [2.75, 3.05) is 6.61 Å². The van der Waals surface area contributed by atoms with Crippen molar-refractivity contribution >= 4 is 11.8 Å². The molecule has 0 fully saturated rings. The molecular weight excluding hydrogens is 467 g/mol. The Balaban J connectivity index is 1.96. The Kier molecular flexibility index (Phi) is 9.84. The molecule has 196 valence electrons. The summed E-state index contributed by atoms with van der Waals surface area (Å²) in [6.07, 6.45) is 1.05. The van der Waals surface area contributed by atoms with Gasteiger partial charge in [0.1, 0.15) is 17.6 Å². The normalized spacial score (nSPS) is 12.5. The lowest BCUT2D eigenvalue weighted by atomic mass is 10.0. The second-order valence-corrected chi connectivity index (χ2v) is 9.63. The van der Waals surface area contributed by atoms with E-state index in [0.717, 1.165) is 28.7 Å². The molecule has 0 aliphatic rings. The Morgan fingerprint density at radius 1 is 1.00 bits per heavy atom. The molecule has 0 spiro atoms. The van der Waals surface area contributed by atoms with Crippen LogP contribution in [0.2, 0.25) is 0 Å². The van der Waals surface area contributed by atoms with Gasteiger partial charge in [0, 0.05) is 24.6 Å². The third kappa shape index (κ3) is 7.66. The van der Waals surface area contributed by atoms with Crippen molar-refractivity contribution in [3.05, 3.63) is 100 Å². The van der Waals surface area contributed by atoms with Gasteiger partial charge in [-0.1, -0.05) is 61.5 Å². The molecule has 0 unspecified atom stereocenters. The van der Waals surface area contributed by atoms with Crippen molar-refractivity contribution in [1.82, 2.24) is 10.2 Å². The van der Waals surface area contributed by atoms with E-state index in [1.54, 1.807) is 18.2 Å². The molecule has 0 aliphatic heterocycles. The van der Waals surface area contributed by atoms with Gasteiger partial charge in [-0.2, -0.15) is 0 Å². The van der Waals surface area contributed by atoms with Gasteiger partial charge in [-0.05, 0) is 68.5 Å². The van der Waals surface area contributed by atoms with Crippen LogP contribution in [0.4, 0.5) is 4.39 Å². The van der Waals surface area contributed by atoms with E-state index >= 15 is 0 Å². The first-order chi connectivity index (χ1) is 17.7. The molecule has 0 heterocycles. The van der Waals surface area contributed by atoms with E-state index in [2.05, 4.69) is 11.4 Å². The van der Waals surface area contributed by atoms with Crippen LogP contribution in [0.15, 0.2) is 66.7 Å². The maximum atomic E-state index is 14.7. The van der Waals surface area contributed by atoms with Gasteiger partial charge < -0.3 is 15.0 Å². The molecule has 37 heavy (non-hydrogen) atoms. The molecule has 0 radical (unpaired) electrons. The zero-order chi connectivity index (χ0) is 26.9. The van der Waals surface area contributed by atoms with Crippen LogP contribution in [-0.4, -0.2) is 35.4 Å². The van der Waals surface area contributed by atoms with E-state index in [0.29, 0.717) is 17.7 Å². The van der Waals surface area contributed by atoms with Crippen LogP contribution in [0.5, 0.6) is 5.75 Å². The van der Waals surface area contributed by atoms with E-state index in [1.807, 2.05) is 71.0 Å². The van der Waals surface area contributed by atoms with Gasteiger partial charge in [0.15, 0.2) is 6.61 Å². The van der Waals surface area contributed by atoms with E-state index in [9.17, 15) is 14.0 Å². The van der Waals surface area contributed by atoms with Crippen LogP contribution >= 0.6 is 0 Å². The number of hydrogen-bond acceptors (Lipinski definition) is 3. The molecule has 0 bridgehead atoms. The molecule has 0 saturated carbocycles. The summed E-state index contributed by atoms with van der Waals surface area (Å²) in [4.78, 5) is 28.7. The predicted octanol–water partition coefficient (Wildman–Crippen LogP) is 5.68. The van der Waals surface area contributed by atoms with Gasteiger partial charge in [0.2, 0.25) is 5.91 Å². The molecule has 5 nitrogen and oxygen atoms in total. The van der Waals surface area contributed by atoms with Crippen molar-refractivity contribution in [3.8, 4) is 5.75 Å². The largest absolute Gasteiger partial charge is 0.483 e. The summed E-state index contributed by atoms with van der Waals surface area (Å²) in [5, 5.41) is 3.02. The number of hydrogen-bond donors (Lipinski definition) is 1. The minimum Gasteiger partial charge on any atom is -0.483 e. The Morgan fingerprint density at radius 3 is 2.35 bits per heavy atom. The maximum absolute atomic E-state index is 14.7. The zero-order valence-corrected chi connectivity index (χ0v) is 22.4. The fourth-order valence-electron chi connectivity index (χ4n) is 4.18. The number of aryl methyl sites for hydroxylation is 2. The Bertz CT molecular complexity index is 1210. The molecular formula is C31H37FN2O3. The van der Waals surface area contributed by atoms with E-state index in [1.165, 1.54) is 11.0 Å². The third-order valence-corrected chi connectivity index (χ3v) is 6.69. The number of carbonyl (C=O) groups is 2. The highest BCUT2D eigenvalue weighted by Crippen LogP contribution is 2.24. The second-order valence-electron chi connectivity index (χ2n) is 9.63. The van der Waals surface area contributed by atoms with Crippen molar-refractivity contribution in [2.24, 2.45) is 0 Å². The molecule has 3 aromatic rings. The number of ether oxygens (including phenoxy) is 1. The molecule has 0 aliphatic carbocycles. The first kappa shape index (κ1) is 27.9. The van der Waals surface area contributed by atoms with Gasteiger partial charge in [0.05, 0.1) is 0 Å². The SMILES string of the molecule is CC[C@H](C)NC(=O)[C@H](Cc1ccccc1)N(Cc1ccccc1F)C(=O)COc1cc(C)cc(C)c1C. The predicted molar refractivity (Wildman–Crippen MR) is 145 cm³/mol. The molecule has 0 saturated heterocycles. The molecule has 0 aromatic heterocycles. The summed E-state index contributed by atoms with van der Waals surface area (Å²) in [6, 6.07) is 18.9. The van der Waals surface area contributed by atoms with Crippen LogP contribution in [0.25, 0.3) is 0 Å². The van der Waals surface area contributed by atoms with Crippen LogP contribution in [0.1, 0.15) is 48.1 Å². The van der Waals surface area contributed by atoms with Crippen LogP contribution in [0.3, 0.4) is 0 Å². The quantitative estimate of drug-likeness (QED) is 0.365. The lowest BCUT2D eigenvalue weighted by molar-refractivity contribution is -0.143. The standard InChI is InChI=1S/C31H37FN2O3/c1-6-23(4)33-31(36)28(18-25-12-8-7-9-13-25)34(19-26-14-10-11-15-27(26)32)30(35)20-37-29-17-21(2)16-22(3)24(29)5/h7-17,23,28H,6,18-20H2,1-5H3,(H,33,36)/t23-,28-/m0/s1. The minimum atomic E-state index is -0.840. The van der Waals surface area contributed by atoms with Crippen LogP contribution < -0.4 is 10.1 Å². The van der Waals surface area contributed by atoms with Gasteiger partial charge in [-0.15, -0.1) is 0 Å². The molecule has 2 atom stereocenters. The minimum absolute atomic E-state index is 0.0495. The number of carbonyl (C=O) groups excluding carboxylic acids is 2. The first-order valence-electron chi connectivity index (χ1n) is 12.8. The Labute approximate surface area is 219 Å². The van der Waals surface area contributed by atoms with Gasteiger partial charge >= 0.3 is 0 Å². The second kappa shape index (κ2) is 13.0. The van der Waals surface area contributed by atoms with Crippen molar-refractivity contribution in [1.29, 1.82) is 0 Å². The number of nitrogens with one attached hydrogen (secondary N) is 1. The maximum Gasteiger partial charge on any atom is 0.261 e. The number of halogens is 1. The molecule has 2 amide bonds. The smallest absolute Gasteiger partial charge is 0.261 e. The molecule has 3 rings (SSSR count). The monoisotopic (exact) mass is 504 g/mol. The first-order valence-corrected chi connectivity index (χ1v) is 12.8. The average molecular weight is 505 g/mol. The summed E-state index contributed by atoms with van der Waals surface area (Å²) < 4.78 is 20.7. The van der Waals surface area contributed by atoms with E-state index < -0.39 is 11.9 Å². The average Bonchev–Trinajstić information content (AvgIpc) is 2.88. The van der Waals surface area contributed by atoms with E-state index in [4.69, 9.17) is 4.74 Å². The fraction of sp³-hybridized carbons (Fsp3) is 0.355. The Morgan fingerprint density at radius 2 is 1.68 bits per heavy atom. The summed E-state index contributed by atoms with van der Waals surface area (Å²) in [5.41, 5.74) is 4.30. The van der Waals surface area contributed by atoms with Crippen molar-refractivity contribution in [3.63, 3.8) is 0 Å².